The Morgan fingerprint density at radius 2 is 2.05 bits per heavy atom. The van der Waals surface area contributed by atoms with E-state index in [-0.39, 0.29) is 11.4 Å². The summed E-state index contributed by atoms with van der Waals surface area (Å²) in [6.45, 7) is -0.629. The van der Waals surface area contributed by atoms with Gasteiger partial charge in [-0.25, -0.2) is 9.78 Å². The number of hydrogen-bond donors (Lipinski definition) is 1. The Morgan fingerprint density at radius 1 is 1.35 bits per heavy atom. The molecule has 7 heteroatoms. The van der Waals surface area contributed by atoms with Crippen LogP contribution >= 0.6 is 0 Å². The van der Waals surface area contributed by atoms with Gasteiger partial charge in [0.2, 0.25) is 5.88 Å². The van der Waals surface area contributed by atoms with Crippen molar-refractivity contribution in [1.82, 2.24) is 4.98 Å². The summed E-state index contributed by atoms with van der Waals surface area (Å²) in [5.74, 6) is -1.46. The molecule has 110 valence electrons. The minimum absolute atomic E-state index is 0.173. The molecule has 0 amide bonds. The van der Waals surface area contributed by atoms with Gasteiger partial charge in [-0.15, -0.1) is 0 Å². The average molecular weight is 289 g/mol. The van der Waals surface area contributed by atoms with Gasteiger partial charge in [-0.05, 0) is 37.3 Å². The molecule has 0 saturated carbocycles. The van der Waals surface area contributed by atoms with Crippen molar-refractivity contribution < 1.29 is 27.8 Å². The van der Waals surface area contributed by atoms with Crippen LogP contribution in [0.3, 0.4) is 0 Å². The highest BCUT2D eigenvalue weighted by molar-refractivity contribution is 5.90. The number of pyridine rings is 1. The number of carboxylic acids is 1. The van der Waals surface area contributed by atoms with Gasteiger partial charge in [0.25, 0.3) is 0 Å². The standard InChI is InChI=1S/C13H14F3NO3/c14-13(15,16)5-6-20-11-9(12(18)19)7-8-3-1-2-4-10(8)17-11/h7H,1-6H2,(H,18,19). The van der Waals surface area contributed by atoms with E-state index < -0.39 is 25.2 Å². The number of aryl methyl sites for hydroxylation is 2. The lowest BCUT2D eigenvalue weighted by Crippen LogP contribution is -2.16. The van der Waals surface area contributed by atoms with Crippen molar-refractivity contribution >= 4 is 5.97 Å². The fourth-order valence-electron chi connectivity index (χ4n) is 2.14. The van der Waals surface area contributed by atoms with Crippen LogP contribution in [0.5, 0.6) is 5.88 Å². The van der Waals surface area contributed by atoms with Crippen molar-refractivity contribution in [2.24, 2.45) is 0 Å². The normalized spacial score (nSPS) is 14.8. The van der Waals surface area contributed by atoms with Crippen molar-refractivity contribution in [1.29, 1.82) is 0 Å². The van der Waals surface area contributed by atoms with E-state index in [9.17, 15) is 18.0 Å². The van der Waals surface area contributed by atoms with Crippen molar-refractivity contribution in [3.8, 4) is 5.88 Å². The molecular formula is C13H14F3NO3. The lowest BCUT2D eigenvalue weighted by Gasteiger charge is -2.17. The molecule has 0 aromatic carbocycles. The zero-order chi connectivity index (χ0) is 14.8. The molecular weight excluding hydrogens is 275 g/mol. The number of hydrogen-bond acceptors (Lipinski definition) is 3. The monoisotopic (exact) mass is 289 g/mol. The summed E-state index contributed by atoms with van der Waals surface area (Å²) >= 11 is 0. The third kappa shape index (κ3) is 3.61. The summed E-state index contributed by atoms with van der Waals surface area (Å²) in [6.07, 6.45) is -2.13. The van der Waals surface area contributed by atoms with E-state index in [0.717, 1.165) is 30.5 Å². The van der Waals surface area contributed by atoms with Crippen LogP contribution in [-0.4, -0.2) is 28.8 Å². The molecule has 0 bridgehead atoms. The Hall–Kier alpha value is -1.79. The molecule has 1 aromatic rings. The highest BCUT2D eigenvalue weighted by Gasteiger charge is 2.28. The van der Waals surface area contributed by atoms with E-state index in [1.165, 1.54) is 6.07 Å². The van der Waals surface area contributed by atoms with Gasteiger partial charge in [0.05, 0.1) is 13.0 Å². The SMILES string of the molecule is O=C(O)c1cc2c(nc1OCCC(F)(F)F)CCCC2. The second-order valence-corrected chi connectivity index (χ2v) is 4.67. The van der Waals surface area contributed by atoms with Gasteiger partial charge in [-0.3, -0.25) is 0 Å². The molecule has 0 aliphatic heterocycles. The molecule has 0 fully saturated rings. The molecule has 20 heavy (non-hydrogen) atoms. The number of fused-ring (bicyclic) bond motifs is 1. The summed E-state index contributed by atoms with van der Waals surface area (Å²) < 4.78 is 41.2. The second kappa shape index (κ2) is 5.68. The van der Waals surface area contributed by atoms with Crippen molar-refractivity contribution in [3.05, 3.63) is 22.9 Å². The van der Waals surface area contributed by atoms with E-state index in [2.05, 4.69) is 4.98 Å². The number of ether oxygens (including phenoxy) is 1. The number of aromatic nitrogens is 1. The number of alkyl halides is 3. The number of carbonyl (C=O) groups is 1. The molecule has 1 N–H and O–H groups in total. The maximum atomic E-state index is 12.1. The Bertz CT molecular complexity index is 514. The van der Waals surface area contributed by atoms with Gasteiger partial charge in [0.15, 0.2) is 0 Å². The van der Waals surface area contributed by atoms with E-state index in [1.807, 2.05) is 0 Å². The molecule has 1 aliphatic carbocycles. The number of carboxylic acid groups (broad SMARTS) is 1. The minimum atomic E-state index is -4.34. The van der Waals surface area contributed by atoms with Crippen LogP contribution in [0, 0.1) is 0 Å². The van der Waals surface area contributed by atoms with Crippen LogP contribution in [0.25, 0.3) is 0 Å². The highest BCUT2D eigenvalue weighted by atomic mass is 19.4. The summed E-state index contributed by atoms with van der Waals surface area (Å²) in [5.41, 5.74) is 1.40. The first-order chi connectivity index (χ1) is 9.37. The largest absolute Gasteiger partial charge is 0.477 e. The zero-order valence-electron chi connectivity index (χ0n) is 10.7. The summed E-state index contributed by atoms with van der Waals surface area (Å²) in [6, 6.07) is 1.47. The molecule has 0 unspecified atom stereocenters. The molecule has 0 atom stereocenters. The maximum Gasteiger partial charge on any atom is 0.392 e. The number of halogens is 3. The van der Waals surface area contributed by atoms with Gasteiger partial charge >= 0.3 is 12.1 Å². The van der Waals surface area contributed by atoms with Crippen molar-refractivity contribution in [2.75, 3.05) is 6.61 Å². The smallest absolute Gasteiger partial charge is 0.392 e. The Kier molecular flexibility index (Phi) is 4.15. The molecule has 0 saturated heterocycles. The molecule has 4 nitrogen and oxygen atoms in total. The van der Waals surface area contributed by atoms with Gasteiger partial charge in [-0.1, -0.05) is 0 Å². The number of aromatic carboxylic acids is 1. The Morgan fingerprint density at radius 3 is 2.70 bits per heavy atom. The summed E-state index contributed by atoms with van der Waals surface area (Å²) in [5, 5.41) is 9.08. The second-order valence-electron chi connectivity index (χ2n) is 4.67. The Labute approximate surface area is 113 Å². The van der Waals surface area contributed by atoms with Crippen LogP contribution in [0.15, 0.2) is 6.07 Å². The topological polar surface area (TPSA) is 59.4 Å². The third-order valence-corrected chi connectivity index (χ3v) is 3.12. The predicted octanol–water partition coefficient (Wildman–Crippen LogP) is 2.99. The molecule has 0 spiro atoms. The van der Waals surface area contributed by atoms with E-state index in [4.69, 9.17) is 9.84 Å². The predicted molar refractivity (Wildman–Crippen MR) is 64.0 cm³/mol. The summed E-state index contributed by atoms with van der Waals surface area (Å²) in [4.78, 5) is 15.2. The van der Waals surface area contributed by atoms with Gasteiger partial charge < -0.3 is 9.84 Å². The lowest BCUT2D eigenvalue weighted by atomic mass is 9.95. The van der Waals surface area contributed by atoms with Gasteiger partial charge in [0.1, 0.15) is 5.56 Å². The lowest BCUT2D eigenvalue weighted by molar-refractivity contribution is -0.139. The maximum absolute atomic E-state index is 12.1. The quantitative estimate of drug-likeness (QED) is 0.925. The summed E-state index contributed by atoms with van der Waals surface area (Å²) in [7, 11) is 0. The van der Waals surface area contributed by atoms with E-state index in [0.29, 0.717) is 6.42 Å². The third-order valence-electron chi connectivity index (χ3n) is 3.12. The first-order valence-electron chi connectivity index (χ1n) is 6.32. The number of rotatable bonds is 4. The first kappa shape index (κ1) is 14.6. The van der Waals surface area contributed by atoms with E-state index in [1.54, 1.807) is 0 Å². The number of nitrogens with zero attached hydrogens (tertiary/aromatic N) is 1. The van der Waals surface area contributed by atoms with Crippen LogP contribution in [0.2, 0.25) is 0 Å². The van der Waals surface area contributed by atoms with E-state index >= 15 is 0 Å². The van der Waals surface area contributed by atoms with Crippen LogP contribution in [-0.2, 0) is 12.8 Å². The zero-order valence-corrected chi connectivity index (χ0v) is 10.7. The van der Waals surface area contributed by atoms with Crippen molar-refractivity contribution in [3.63, 3.8) is 0 Å². The van der Waals surface area contributed by atoms with Gasteiger partial charge in [0, 0.05) is 5.69 Å². The Balaban J connectivity index is 2.19. The fraction of sp³-hybridized carbons (Fsp3) is 0.538. The van der Waals surface area contributed by atoms with Crippen LogP contribution < -0.4 is 4.74 Å². The first-order valence-corrected chi connectivity index (χ1v) is 6.32. The molecule has 1 heterocycles. The van der Waals surface area contributed by atoms with Crippen molar-refractivity contribution in [2.45, 2.75) is 38.3 Å². The average Bonchev–Trinajstić information content (AvgIpc) is 2.36. The molecule has 1 aromatic heterocycles. The van der Waals surface area contributed by atoms with Crippen LogP contribution in [0.4, 0.5) is 13.2 Å². The molecule has 2 rings (SSSR count). The minimum Gasteiger partial charge on any atom is -0.477 e. The highest BCUT2D eigenvalue weighted by Crippen LogP contribution is 2.27. The molecule has 0 radical (unpaired) electrons. The van der Waals surface area contributed by atoms with Crippen LogP contribution in [0.1, 0.15) is 40.9 Å². The van der Waals surface area contributed by atoms with Gasteiger partial charge in [-0.2, -0.15) is 13.2 Å². The fourth-order valence-corrected chi connectivity index (χ4v) is 2.14. The molecule has 1 aliphatic rings.